The van der Waals surface area contributed by atoms with Gasteiger partial charge in [-0.3, -0.25) is 0 Å². The number of hydrogen-bond donors (Lipinski definition) is 0. The van der Waals surface area contributed by atoms with Gasteiger partial charge in [-0.2, -0.15) is 4.98 Å². The maximum Gasteiger partial charge on any atom is 0.224 e. The lowest BCUT2D eigenvalue weighted by molar-refractivity contribution is 0.181. The van der Waals surface area contributed by atoms with Crippen LogP contribution in [0.15, 0.2) is 16.7 Å². The SMILES string of the molecule is COCc1ccc(F)c(-c2noc(C)n2)n1. The van der Waals surface area contributed by atoms with Gasteiger partial charge >= 0.3 is 0 Å². The molecule has 6 heteroatoms. The number of pyridine rings is 1. The van der Waals surface area contributed by atoms with Crippen LogP contribution in [0.1, 0.15) is 11.6 Å². The lowest BCUT2D eigenvalue weighted by Gasteiger charge is -2.01. The fourth-order valence-electron chi connectivity index (χ4n) is 1.26. The van der Waals surface area contributed by atoms with Crippen LogP contribution in [0.25, 0.3) is 11.5 Å². The Hall–Kier alpha value is -1.82. The normalized spacial score (nSPS) is 10.7. The van der Waals surface area contributed by atoms with Crippen molar-refractivity contribution in [2.24, 2.45) is 0 Å². The molecule has 16 heavy (non-hydrogen) atoms. The Balaban J connectivity index is 2.42. The highest BCUT2D eigenvalue weighted by molar-refractivity contribution is 5.49. The Morgan fingerprint density at radius 1 is 1.38 bits per heavy atom. The molecule has 0 aliphatic heterocycles. The van der Waals surface area contributed by atoms with Crippen molar-refractivity contribution in [2.45, 2.75) is 13.5 Å². The Bertz CT molecular complexity index is 499. The van der Waals surface area contributed by atoms with Crippen molar-refractivity contribution in [1.29, 1.82) is 0 Å². The number of hydrogen-bond acceptors (Lipinski definition) is 5. The first kappa shape index (κ1) is 10.7. The maximum absolute atomic E-state index is 13.5. The van der Waals surface area contributed by atoms with Gasteiger partial charge in [-0.15, -0.1) is 0 Å². The molecule has 0 radical (unpaired) electrons. The van der Waals surface area contributed by atoms with Crippen LogP contribution in [0.4, 0.5) is 4.39 Å². The zero-order valence-corrected chi connectivity index (χ0v) is 8.90. The van der Waals surface area contributed by atoms with Gasteiger partial charge in [-0.05, 0) is 12.1 Å². The average Bonchev–Trinajstić information content (AvgIpc) is 2.68. The van der Waals surface area contributed by atoms with Crippen LogP contribution in [0.5, 0.6) is 0 Å². The fraction of sp³-hybridized carbons (Fsp3) is 0.300. The van der Waals surface area contributed by atoms with Crippen LogP contribution >= 0.6 is 0 Å². The smallest absolute Gasteiger partial charge is 0.224 e. The lowest BCUT2D eigenvalue weighted by Crippen LogP contribution is -1.98. The summed E-state index contributed by atoms with van der Waals surface area (Å²) in [5.74, 6) is 0.0296. The predicted molar refractivity (Wildman–Crippen MR) is 52.9 cm³/mol. The molecule has 2 heterocycles. The molecule has 84 valence electrons. The van der Waals surface area contributed by atoms with E-state index in [0.717, 1.165) is 0 Å². The van der Waals surface area contributed by atoms with Crippen LogP contribution in [-0.4, -0.2) is 22.2 Å². The molecule has 5 nitrogen and oxygen atoms in total. The summed E-state index contributed by atoms with van der Waals surface area (Å²) in [5.41, 5.74) is 0.688. The number of nitrogens with zero attached hydrogens (tertiary/aromatic N) is 3. The zero-order valence-electron chi connectivity index (χ0n) is 8.90. The van der Waals surface area contributed by atoms with Gasteiger partial charge < -0.3 is 9.26 Å². The van der Waals surface area contributed by atoms with E-state index in [1.807, 2.05) is 0 Å². The highest BCUT2D eigenvalue weighted by Gasteiger charge is 2.13. The minimum atomic E-state index is -0.486. The highest BCUT2D eigenvalue weighted by Crippen LogP contribution is 2.17. The summed E-state index contributed by atoms with van der Waals surface area (Å²) in [6, 6.07) is 2.86. The van der Waals surface area contributed by atoms with Gasteiger partial charge in [0.2, 0.25) is 11.7 Å². The number of aromatic nitrogens is 3. The van der Waals surface area contributed by atoms with Crippen molar-refractivity contribution >= 4 is 0 Å². The first-order chi connectivity index (χ1) is 7.70. The standard InChI is InChI=1S/C10H10FN3O2/c1-6-12-10(14-16-6)9-8(11)4-3-7(13-9)5-15-2/h3-4H,5H2,1-2H3. The third-order valence-corrected chi connectivity index (χ3v) is 1.94. The lowest BCUT2D eigenvalue weighted by atomic mass is 10.3. The Morgan fingerprint density at radius 3 is 2.81 bits per heavy atom. The van der Waals surface area contributed by atoms with E-state index >= 15 is 0 Å². The number of aryl methyl sites for hydroxylation is 1. The van der Waals surface area contributed by atoms with Crippen LogP contribution in [-0.2, 0) is 11.3 Å². The van der Waals surface area contributed by atoms with E-state index in [1.165, 1.54) is 6.07 Å². The minimum absolute atomic E-state index is 0.0754. The number of rotatable bonds is 3. The molecular weight excluding hydrogens is 213 g/mol. The molecule has 0 amide bonds. The second kappa shape index (κ2) is 4.36. The van der Waals surface area contributed by atoms with Crippen LogP contribution < -0.4 is 0 Å². The maximum atomic E-state index is 13.5. The first-order valence-corrected chi connectivity index (χ1v) is 4.65. The molecule has 2 aromatic heterocycles. The van der Waals surface area contributed by atoms with Crippen molar-refractivity contribution in [2.75, 3.05) is 7.11 Å². The van der Waals surface area contributed by atoms with Crippen LogP contribution in [0.2, 0.25) is 0 Å². The topological polar surface area (TPSA) is 61.0 Å². The Kier molecular flexibility index (Phi) is 2.91. The summed E-state index contributed by atoms with van der Waals surface area (Å²) in [4.78, 5) is 7.98. The number of methoxy groups -OCH3 is 1. The molecule has 2 aromatic rings. The fourth-order valence-corrected chi connectivity index (χ4v) is 1.26. The summed E-state index contributed by atoms with van der Waals surface area (Å²) in [6.45, 7) is 1.94. The summed E-state index contributed by atoms with van der Waals surface area (Å²) >= 11 is 0. The van der Waals surface area contributed by atoms with Crippen molar-refractivity contribution < 1.29 is 13.7 Å². The molecule has 0 atom stereocenters. The molecule has 0 fully saturated rings. The summed E-state index contributed by atoms with van der Waals surface area (Å²) in [6.07, 6.45) is 0. The van der Waals surface area contributed by atoms with Gasteiger partial charge in [0.05, 0.1) is 12.3 Å². The van der Waals surface area contributed by atoms with Gasteiger partial charge in [-0.1, -0.05) is 5.16 Å². The van der Waals surface area contributed by atoms with E-state index in [4.69, 9.17) is 9.26 Å². The minimum Gasteiger partial charge on any atom is -0.378 e. The van der Waals surface area contributed by atoms with Gasteiger partial charge in [0.25, 0.3) is 0 Å². The van der Waals surface area contributed by atoms with Crippen LogP contribution in [0.3, 0.4) is 0 Å². The van der Waals surface area contributed by atoms with Crippen LogP contribution in [0, 0.1) is 12.7 Å². The second-order valence-corrected chi connectivity index (χ2v) is 3.20. The zero-order chi connectivity index (χ0) is 11.5. The Morgan fingerprint density at radius 2 is 2.19 bits per heavy atom. The average molecular weight is 223 g/mol. The molecule has 0 bridgehead atoms. The van der Waals surface area contributed by atoms with E-state index in [-0.39, 0.29) is 11.5 Å². The van der Waals surface area contributed by atoms with E-state index in [0.29, 0.717) is 18.2 Å². The van der Waals surface area contributed by atoms with E-state index in [1.54, 1.807) is 20.1 Å². The third-order valence-electron chi connectivity index (χ3n) is 1.94. The third kappa shape index (κ3) is 2.06. The first-order valence-electron chi connectivity index (χ1n) is 4.65. The monoisotopic (exact) mass is 223 g/mol. The second-order valence-electron chi connectivity index (χ2n) is 3.20. The molecule has 2 rings (SSSR count). The molecule has 0 aliphatic carbocycles. The Labute approximate surface area is 91.3 Å². The number of halogens is 1. The van der Waals surface area contributed by atoms with E-state index in [2.05, 4.69) is 15.1 Å². The van der Waals surface area contributed by atoms with Crippen molar-refractivity contribution in [3.8, 4) is 11.5 Å². The van der Waals surface area contributed by atoms with E-state index in [9.17, 15) is 4.39 Å². The molecule has 0 N–H and O–H groups in total. The van der Waals surface area contributed by atoms with E-state index < -0.39 is 5.82 Å². The molecule has 0 aromatic carbocycles. The molecule has 0 spiro atoms. The molecule has 0 unspecified atom stereocenters. The summed E-state index contributed by atoms with van der Waals surface area (Å²) in [5, 5.41) is 3.62. The predicted octanol–water partition coefficient (Wildman–Crippen LogP) is 1.73. The summed E-state index contributed by atoms with van der Waals surface area (Å²) in [7, 11) is 1.54. The van der Waals surface area contributed by atoms with Gasteiger partial charge in [0.15, 0.2) is 5.82 Å². The van der Waals surface area contributed by atoms with Gasteiger partial charge in [0.1, 0.15) is 5.69 Å². The molecule has 0 saturated heterocycles. The molecule has 0 saturated carbocycles. The largest absolute Gasteiger partial charge is 0.378 e. The summed E-state index contributed by atoms with van der Waals surface area (Å²) < 4.78 is 23.2. The molecule has 0 aliphatic rings. The van der Waals surface area contributed by atoms with Crippen molar-refractivity contribution in [1.82, 2.24) is 15.1 Å². The molecular formula is C10H10FN3O2. The van der Waals surface area contributed by atoms with Crippen molar-refractivity contribution in [3.05, 3.63) is 29.5 Å². The van der Waals surface area contributed by atoms with Gasteiger partial charge in [-0.25, -0.2) is 9.37 Å². The van der Waals surface area contributed by atoms with Crippen molar-refractivity contribution in [3.63, 3.8) is 0 Å². The quantitative estimate of drug-likeness (QED) is 0.792. The number of ether oxygens (including phenoxy) is 1. The highest BCUT2D eigenvalue weighted by atomic mass is 19.1. The van der Waals surface area contributed by atoms with Gasteiger partial charge in [0, 0.05) is 14.0 Å².